The molecule has 0 saturated heterocycles. The van der Waals surface area contributed by atoms with Gasteiger partial charge in [-0.05, 0) is 12.3 Å². The molecular weight excluding hydrogens is 404 g/mol. The largest absolute Gasteiger partial charge is 0.127 e. The minimum Gasteiger partial charge on any atom is -0.126 e. The highest BCUT2D eigenvalue weighted by Crippen LogP contribution is 2.77. The van der Waals surface area contributed by atoms with E-state index in [-0.39, 0.29) is 23.1 Å². The zero-order valence-electron chi connectivity index (χ0n) is 8.95. The van der Waals surface area contributed by atoms with E-state index in [1.165, 1.54) is 0 Å². The molecule has 0 N–H and O–H groups in total. The Kier molecular flexibility index (Phi) is 4.82. The van der Waals surface area contributed by atoms with Crippen LogP contribution in [-0.4, -0.2) is 31.7 Å². The summed E-state index contributed by atoms with van der Waals surface area (Å²) in [4.78, 5) is -0.789. The molecule has 0 nitrogen and oxygen atoms in total. The van der Waals surface area contributed by atoms with Gasteiger partial charge in [0.05, 0.1) is 10.8 Å². The van der Waals surface area contributed by atoms with Crippen LogP contribution < -0.4 is 0 Å². The lowest BCUT2D eigenvalue weighted by molar-refractivity contribution is 0.149. The molecule has 0 radical (unpaired) electrons. The Morgan fingerprint density at radius 3 is 1.94 bits per heavy atom. The maximum Gasteiger partial charge on any atom is 0.127 e. The van der Waals surface area contributed by atoms with Gasteiger partial charge in [0.15, 0.2) is 0 Å². The monoisotopic (exact) mass is 410 g/mol. The second-order valence-electron chi connectivity index (χ2n) is 4.94. The molecular formula is C10H10Cl8. The summed E-state index contributed by atoms with van der Waals surface area (Å²) in [6.45, 7) is 0. The molecule has 0 aromatic carbocycles. The van der Waals surface area contributed by atoms with Crippen LogP contribution in [0.1, 0.15) is 6.42 Å². The van der Waals surface area contributed by atoms with E-state index in [1.54, 1.807) is 0 Å². The van der Waals surface area contributed by atoms with Crippen molar-refractivity contribution in [1.29, 1.82) is 0 Å². The summed E-state index contributed by atoms with van der Waals surface area (Å²) < 4.78 is -1.13. The summed E-state index contributed by atoms with van der Waals surface area (Å²) in [5.74, 6) is 0.111. The molecule has 2 aliphatic carbocycles. The second-order valence-corrected chi connectivity index (χ2v) is 9.03. The van der Waals surface area contributed by atoms with E-state index in [0.717, 1.165) is 0 Å². The van der Waals surface area contributed by atoms with Crippen LogP contribution >= 0.6 is 92.8 Å². The lowest BCUT2D eigenvalue weighted by atomic mass is 9.69. The van der Waals surface area contributed by atoms with Crippen LogP contribution in [0.4, 0.5) is 0 Å². The van der Waals surface area contributed by atoms with E-state index in [9.17, 15) is 0 Å². The number of hydrogen-bond donors (Lipinski definition) is 0. The van der Waals surface area contributed by atoms with Crippen LogP contribution in [0.5, 0.6) is 0 Å². The first-order chi connectivity index (χ1) is 8.23. The van der Waals surface area contributed by atoms with Crippen LogP contribution in [-0.2, 0) is 0 Å². The standard InChI is InChI=1S/C10H10Cl8/c11-2-8(7(15)16)4-1-10(17,18)9(8,3-12)6(14)5(4)13/h4-7H,1-3H2/t4-,5+,6-,8+,9?/m0/s1. The minimum atomic E-state index is -1.13. The number of rotatable bonds is 3. The first-order valence-corrected chi connectivity index (χ1v) is 8.86. The van der Waals surface area contributed by atoms with Gasteiger partial charge in [-0.15, -0.1) is 92.8 Å². The molecule has 106 valence electrons. The fourth-order valence-electron chi connectivity index (χ4n) is 3.57. The summed E-state index contributed by atoms with van der Waals surface area (Å²) in [6.07, 6.45) is 0.433. The average Bonchev–Trinajstić information content (AvgIpc) is 2.61. The maximum absolute atomic E-state index is 6.45. The molecule has 18 heavy (non-hydrogen) atoms. The molecule has 0 spiro atoms. The molecule has 2 aliphatic rings. The van der Waals surface area contributed by atoms with Gasteiger partial charge in [0.1, 0.15) is 9.17 Å². The normalized spacial score (nSPS) is 50.2. The van der Waals surface area contributed by atoms with Gasteiger partial charge in [-0.1, -0.05) is 0 Å². The van der Waals surface area contributed by atoms with Crippen molar-refractivity contribution in [3.8, 4) is 0 Å². The molecule has 0 heterocycles. The molecule has 2 bridgehead atoms. The van der Waals surface area contributed by atoms with Crippen LogP contribution in [0.3, 0.4) is 0 Å². The highest BCUT2D eigenvalue weighted by atomic mass is 35.5. The molecule has 0 aromatic heterocycles. The van der Waals surface area contributed by atoms with Crippen molar-refractivity contribution >= 4 is 92.8 Å². The summed E-state index contributed by atoms with van der Waals surface area (Å²) in [5.41, 5.74) is -1.68. The lowest BCUT2D eigenvalue weighted by Gasteiger charge is -2.48. The summed E-state index contributed by atoms with van der Waals surface area (Å²) in [5, 5.41) is -0.876. The second kappa shape index (κ2) is 5.20. The van der Waals surface area contributed by atoms with Crippen molar-refractivity contribution in [3.63, 3.8) is 0 Å². The third-order valence-electron chi connectivity index (χ3n) is 4.58. The van der Waals surface area contributed by atoms with Crippen LogP contribution in [0, 0.1) is 16.7 Å². The SMILES string of the molecule is ClCC12[C@@H](Cl)[C@H](Cl)[C@H](CC1(Cl)Cl)[C@]2(CCl)C(Cl)Cl. The lowest BCUT2D eigenvalue weighted by Crippen LogP contribution is -2.55. The van der Waals surface area contributed by atoms with Gasteiger partial charge >= 0.3 is 0 Å². The smallest absolute Gasteiger partial charge is 0.126 e. The van der Waals surface area contributed by atoms with E-state index in [2.05, 4.69) is 0 Å². The van der Waals surface area contributed by atoms with E-state index in [4.69, 9.17) is 92.8 Å². The third kappa shape index (κ3) is 1.67. The topological polar surface area (TPSA) is 0 Å². The molecule has 0 aromatic rings. The first kappa shape index (κ1) is 16.7. The molecule has 2 fully saturated rings. The van der Waals surface area contributed by atoms with Gasteiger partial charge in [-0.3, -0.25) is 0 Å². The van der Waals surface area contributed by atoms with Gasteiger partial charge in [0.25, 0.3) is 0 Å². The van der Waals surface area contributed by atoms with E-state index in [0.29, 0.717) is 6.42 Å². The van der Waals surface area contributed by atoms with Crippen LogP contribution in [0.15, 0.2) is 0 Å². The van der Waals surface area contributed by atoms with Gasteiger partial charge in [0.2, 0.25) is 0 Å². The van der Waals surface area contributed by atoms with Crippen molar-refractivity contribution < 1.29 is 0 Å². The van der Waals surface area contributed by atoms with Crippen molar-refractivity contribution in [1.82, 2.24) is 0 Å². The third-order valence-corrected chi connectivity index (χ3v) is 8.53. The van der Waals surface area contributed by atoms with Crippen LogP contribution in [0.2, 0.25) is 0 Å². The number of halogens is 8. The Morgan fingerprint density at radius 2 is 1.61 bits per heavy atom. The predicted octanol–water partition coefficient (Wildman–Crippen LogP) is 5.66. The van der Waals surface area contributed by atoms with E-state index < -0.39 is 25.4 Å². The van der Waals surface area contributed by atoms with E-state index in [1.807, 2.05) is 0 Å². The highest BCUT2D eigenvalue weighted by Gasteiger charge is 2.81. The number of fused-ring (bicyclic) bond motifs is 2. The fraction of sp³-hybridized carbons (Fsp3) is 1.00. The summed E-state index contributed by atoms with van der Waals surface area (Å²) >= 11 is 50.4. The quantitative estimate of drug-likeness (QED) is 0.523. The Bertz CT molecular complexity index is 345. The van der Waals surface area contributed by atoms with Crippen LogP contribution in [0.25, 0.3) is 0 Å². The Morgan fingerprint density at radius 1 is 1.06 bits per heavy atom. The van der Waals surface area contributed by atoms with Gasteiger partial charge in [0, 0.05) is 22.6 Å². The Balaban J connectivity index is 2.68. The minimum absolute atomic E-state index is 0.108. The molecule has 2 saturated carbocycles. The van der Waals surface area contributed by atoms with Gasteiger partial charge in [-0.2, -0.15) is 0 Å². The predicted molar refractivity (Wildman–Crippen MR) is 83.6 cm³/mol. The fourth-order valence-corrected chi connectivity index (χ4v) is 8.38. The van der Waals surface area contributed by atoms with Crippen molar-refractivity contribution in [2.75, 3.05) is 11.8 Å². The average molecular weight is 414 g/mol. The molecule has 0 aliphatic heterocycles. The van der Waals surface area contributed by atoms with Crippen molar-refractivity contribution in [2.24, 2.45) is 16.7 Å². The Hall–Kier alpha value is 2.32. The van der Waals surface area contributed by atoms with Gasteiger partial charge < -0.3 is 0 Å². The number of hydrogen-bond acceptors (Lipinski definition) is 0. The molecule has 2 rings (SSSR count). The highest BCUT2D eigenvalue weighted by molar-refractivity contribution is 6.52. The van der Waals surface area contributed by atoms with E-state index >= 15 is 0 Å². The van der Waals surface area contributed by atoms with Gasteiger partial charge in [-0.25, -0.2) is 0 Å². The molecule has 1 unspecified atom stereocenters. The molecule has 0 amide bonds. The van der Waals surface area contributed by atoms with Crippen molar-refractivity contribution in [2.45, 2.75) is 26.3 Å². The summed E-state index contributed by atoms with van der Waals surface area (Å²) in [6, 6.07) is 0. The first-order valence-electron chi connectivity index (χ1n) is 5.29. The molecule has 8 heteroatoms. The zero-order valence-corrected chi connectivity index (χ0v) is 15.0. The zero-order chi connectivity index (χ0) is 13.9. The number of alkyl halides is 8. The van der Waals surface area contributed by atoms with Crippen molar-refractivity contribution in [3.05, 3.63) is 0 Å². The molecule has 5 atom stereocenters. The Labute approximate surface area is 146 Å². The summed E-state index contributed by atoms with van der Waals surface area (Å²) in [7, 11) is 0. The maximum atomic E-state index is 6.45.